The number of rotatable bonds is 12. The van der Waals surface area contributed by atoms with Crippen LogP contribution in [0.1, 0.15) is 49.4 Å². The van der Waals surface area contributed by atoms with Crippen LogP contribution in [0.3, 0.4) is 0 Å². The topological polar surface area (TPSA) is 86.8 Å². The van der Waals surface area contributed by atoms with E-state index in [2.05, 4.69) is 5.32 Å². The van der Waals surface area contributed by atoms with E-state index in [1.807, 2.05) is 58.9 Å². The van der Waals surface area contributed by atoms with E-state index in [9.17, 15) is 18.0 Å². The number of sulfonamides is 1. The molecular weight excluding hydrogens is 558 g/mol. The van der Waals surface area contributed by atoms with Gasteiger partial charge in [-0.05, 0) is 68.5 Å². The van der Waals surface area contributed by atoms with Gasteiger partial charge in [0.25, 0.3) is 10.0 Å². The summed E-state index contributed by atoms with van der Waals surface area (Å²) < 4.78 is 29.2. The van der Waals surface area contributed by atoms with Gasteiger partial charge in [0, 0.05) is 18.1 Å². The van der Waals surface area contributed by atoms with Crippen molar-refractivity contribution in [2.24, 2.45) is 5.92 Å². The highest BCUT2D eigenvalue weighted by atomic mass is 35.5. The maximum atomic E-state index is 14.2. The summed E-state index contributed by atoms with van der Waals surface area (Å²) in [6.45, 7) is 11.6. The van der Waals surface area contributed by atoms with Crippen molar-refractivity contribution in [2.75, 3.05) is 17.4 Å². The zero-order chi connectivity index (χ0) is 30.3. The molecule has 3 rings (SSSR count). The molecule has 1 atom stereocenters. The summed E-state index contributed by atoms with van der Waals surface area (Å²) in [4.78, 5) is 29.0. The number of amides is 2. The standard InChI is InChI=1S/C32H40ClN3O4S/c1-7-29(32(38)34-19-22(2)3)35(20-26-13-8-23(4)9-14-26)31(37)21-36(30-18-27(33)15-12-25(30)6)41(39,40)28-16-10-24(5)11-17-28/h8-18,22,29H,7,19-21H2,1-6H3,(H,34,38)/t29-/m1/s1. The minimum atomic E-state index is -4.16. The Morgan fingerprint density at radius 3 is 2.05 bits per heavy atom. The van der Waals surface area contributed by atoms with Gasteiger partial charge in [0.2, 0.25) is 11.8 Å². The highest BCUT2D eigenvalue weighted by molar-refractivity contribution is 7.92. The van der Waals surface area contributed by atoms with Gasteiger partial charge in [-0.3, -0.25) is 13.9 Å². The summed E-state index contributed by atoms with van der Waals surface area (Å²) in [7, 11) is -4.16. The quantitative estimate of drug-likeness (QED) is 0.276. The molecule has 220 valence electrons. The van der Waals surface area contributed by atoms with Crippen LogP contribution in [-0.4, -0.2) is 44.3 Å². The maximum absolute atomic E-state index is 14.2. The number of aryl methyl sites for hydroxylation is 3. The molecule has 2 amide bonds. The normalized spacial score (nSPS) is 12.2. The second-order valence-electron chi connectivity index (χ2n) is 10.8. The van der Waals surface area contributed by atoms with Crippen LogP contribution in [0.2, 0.25) is 5.02 Å². The Kier molecular flexibility index (Phi) is 11.0. The van der Waals surface area contributed by atoms with E-state index in [4.69, 9.17) is 11.6 Å². The third-order valence-corrected chi connectivity index (χ3v) is 8.88. The van der Waals surface area contributed by atoms with Gasteiger partial charge < -0.3 is 10.2 Å². The lowest BCUT2D eigenvalue weighted by atomic mass is 10.1. The van der Waals surface area contributed by atoms with Crippen LogP contribution in [0.15, 0.2) is 71.6 Å². The number of anilines is 1. The SMILES string of the molecule is CC[C@H](C(=O)NCC(C)C)N(Cc1ccc(C)cc1)C(=O)CN(c1cc(Cl)ccc1C)S(=O)(=O)c1ccc(C)cc1. The summed E-state index contributed by atoms with van der Waals surface area (Å²) in [6, 6.07) is 18.4. The Hall–Kier alpha value is -3.36. The largest absolute Gasteiger partial charge is 0.354 e. The molecule has 0 fully saturated rings. The highest BCUT2D eigenvalue weighted by Crippen LogP contribution is 2.30. The molecule has 9 heteroatoms. The summed E-state index contributed by atoms with van der Waals surface area (Å²) in [5.74, 6) is -0.528. The predicted octanol–water partition coefficient (Wildman–Crippen LogP) is 6.04. The van der Waals surface area contributed by atoms with Crippen molar-refractivity contribution in [3.05, 3.63) is 94.0 Å². The van der Waals surface area contributed by atoms with Gasteiger partial charge in [-0.1, -0.05) is 86.0 Å². The highest BCUT2D eigenvalue weighted by Gasteiger charge is 2.34. The molecule has 7 nitrogen and oxygen atoms in total. The molecule has 41 heavy (non-hydrogen) atoms. The van der Waals surface area contributed by atoms with E-state index in [1.165, 1.54) is 17.0 Å². The van der Waals surface area contributed by atoms with Crippen molar-refractivity contribution in [3.8, 4) is 0 Å². The molecule has 0 spiro atoms. The lowest BCUT2D eigenvalue weighted by Crippen LogP contribution is -2.52. The van der Waals surface area contributed by atoms with Crippen molar-refractivity contribution < 1.29 is 18.0 Å². The molecule has 0 aliphatic heterocycles. The Morgan fingerprint density at radius 1 is 0.902 bits per heavy atom. The third kappa shape index (κ3) is 8.33. The van der Waals surface area contributed by atoms with Crippen LogP contribution < -0.4 is 9.62 Å². The number of hydrogen-bond acceptors (Lipinski definition) is 4. The fourth-order valence-corrected chi connectivity index (χ4v) is 6.07. The fraction of sp³-hybridized carbons (Fsp3) is 0.375. The molecule has 0 aliphatic carbocycles. The van der Waals surface area contributed by atoms with Crippen molar-refractivity contribution >= 4 is 39.1 Å². The van der Waals surface area contributed by atoms with Gasteiger partial charge in [0.05, 0.1) is 10.6 Å². The molecule has 0 heterocycles. The smallest absolute Gasteiger partial charge is 0.264 e. The van der Waals surface area contributed by atoms with Crippen LogP contribution in [0.4, 0.5) is 5.69 Å². The van der Waals surface area contributed by atoms with E-state index >= 15 is 0 Å². The minimum absolute atomic E-state index is 0.0575. The number of carbonyl (C=O) groups is 2. The molecular formula is C32H40ClN3O4S. The first-order valence-corrected chi connectivity index (χ1v) is 15.6. The average Bonchev–Trinajstić information content (AvgIpc) is 2.93. The molecule has 3 aromatic carbocycles. The number of benzene rings is 3. The summed E-state index contributed by atoms with van der Waals surface area (Å²) >= 11 is 6.30. The van der Waals surface area contributed by atoms with Crippen LogP contribution in [0.5, 0.6) is 0 Å². The van der Waals surface area contributed by atoms with Crippen molar-refractivity contribution in [3.63, 3.8) is 0 Å². The zero-order valence-corrected chi connectivity index (χ0v) is 26.2. The monoisotopic (exact) mass is 597 g/mol. The molecule has 0 unspecified atom stereocenters. The number of halogens is 1. The van der Waals surface area contributed by atoms with Gasteiger partial charge >= 0.3 is 0 Å². The van der Waals surface area contributed by atoms with Gasteiger partial charge in [-0.2, -0.15) is 0 Å². The lowest BCUT2D eigenvalue weighted by molar-refractivity contribution is -0.140. The Bertz CT molecular complexity index is 1460. The lowest BCUT2D eigenvalue weighted by Gasteiger charge is -2.33. The number of nitrogens with zero attached hydrogens (tertiary/aromatic N) is 2. The second-order valence-corrected chi connectivity index (χ2v) is 13.1. The van der Waals surface area contributed by atoms with Crippen LogP contribution in [0.25, 0.3) is 0 Å². The second kappa shape index (κ2) is 14.0. The van der Waals surface area contributed by atoms with E-state index in [0.29, 0.717) is 29.2 Å². The van der Waals surface area contributed by atoms with E-state index in [-0.39, 0.29) is 23.3 Å². The van der Waals surface area contributed by atoms with Gasteiger partial charge in [0.1, 0.15) is 12.6 Å². The summed E-state index contributed by atoms with van der Waals surface area (Å²) in [6.07, 6.45) is 0.364. The molecule has 0 radical (unpaired) electrons. The van der Waals surface area contributed by atoms with Crippen LogP contribution in [-0.2, 0) is 26.2 Å². The van der Waals surface area contributed by atoms with E-state index < -0.39 is 28.5 Å². The zero-order valence-electron chi connectivity index (χ0n) is 24.6. The van der Waals surface area contributed by atoms with Crippen LogP contribution in [0, 0.1) is 26.7 Å². The fourth-order valence-electron chi connectivity index (χ4n) is 4.43. The van der Waals surface area contributed by atoms with Gasteiger partial charge in [-0.25, -0.2) is 8.42 Å². The van der Waals surface area contributed by atoms with Crippen molar-refractivity contribution in [1.29, 1.82) is 0 Å². The molecule has 0 bridgehead atoms. The molecule has 1 N–H and O–H groups in total. The predicted molar refractivity (Wildman–Crippen MR) is 166 cm³/mol. The number of carbonyl (C=O) groups excluding carboxylic acids is 2. The summed E-state index contributed by atoms with van der Waals surface area (Å²) in [5, 5.41) is 3.29. The number of hydrogen-bond donors (Lipinski definition) is 1. The third-order valence-electron chi connectivity index (χ3n) is 6.87. The molecule has 0 aromatic heterocycles. The van der Waals surface area contributed by atoms with Crippen molar-refractivity contribution in [2.45, 2.75) is 65.4 Å². The Labute approximate surface area is 249 Å². The Balaban J connectivity index is 2.08. The molecule has 0 saturated carbocycles. The minimum Gasteiger partial charge on any atom is -0.354 e. The summed E-state index contributed by atoms with van der Waals surface area (Å²) in [5.41, 5.74) is 3.77. The molecule has 0 aliphatic rings. The number of nitrogens with one attached hydrogen (secondary N) is 1. The van der Waals surface area contributed by atoms with E-state index in [1.54, 1.807) is 37.3 Å². The molecule has 3 aromatic rings. The van der Waals surface area contributed by atoms with Gasteiger partial charge in [0.15, 0.2) is 0 Å². The Morgan fingerprint density at radius 2 is 1.49 bits per heavy atom. The van der Waals surface area contributed by atoms with E-state index in [0.717, 1.165) is 21.0 Å². The maximum Gasteiger partial charge on any atom is 0.264 e. The first-order chi connectivity index (χ1) is 19.3. The first kappa shape index (κ1) is 32.2. The van der Waals surface area contributed by atoms with Gasteiger partial charge in [-0.15, -0.1) is 0 Å². The van der Waals surface area contributed by atoms with Crippen LogP contribution >= 0.6 is 11.6 Å². The average molecular weight is 598 g/mol. The van der Waals surface area contributed by atoms with Crippen molar-refractivity contribution in [1.82, 2.24) is 10.2 Å². The first-order valence-electron chi connectivity index (χ1n) is 13.8. The molecule has 0 saturated heterocycles.